The van der Waals surface area contributed by atoms with E-state index in [-0.39, 0.29) is 17.0 Å². The summed E-state index contributed by atoms with van der Waals surface area (Å²) in [6.07, 6.45) is -12.6. The van der Waals surface area contributed by atoms with E-state index in [1.807, 2.05) is 0 Å². The fourth-order valence-corrected chi connectivity index (χ4v) is 4.04. The van der Waals surface area contributed by atoms with Gasteiger partial charge in [0.25, 0.3) is 0 Å². The van der Waals surface area contributed by atoms with Crippen LogP contribution in [-0.2, 0) is 34.4 Å². The number of nitrogens with zero attached hydrogens (tertiary/aromatic N) is 3. The Morgan fingerprint density at radius 2 is 1.66 bits per heavy atom. The Morgan fingerprint density at radius 1 is 1.05 bits per heavy atom. The number of aromatic nitrogens is 3. The number of alkyl halides is 6. The van der Waals surface area contributed by atoms with Gasteiger partial charge in [0.2, 0.25) is 11.8 Å². The number of aliphatic hydroxyl groups is 1. The van der Waals surface area contributed by atoms with Gasteiger partial charge in [0.05, 0.1) is 17.6 Å². The summed E-state index contributed by atoms with van der Waals surface area (Å²) in [4.78, 5) is 37.6. The van der Waals surface area contributed by atoms with Gasteiger partial charge in [0.15, 0.2) is 11.9 Å². The summed E-state index contributed by atoms with van der Waals surface area (Å²) in [6.45, 7) is 0.0835. The highest BCUT2D eigenvalue weighted by molar-refractivity contribution is 6.30. The van der Waals surface area contributed by atoms with Gasteiger partial charge >= 0.3 is 18.0 Å². The summed E-state index contributed by atoms with van der Waals surface area (Å²) < 4.78 is 80.0. The van der Waals surface area contributed by atoms with Crippen LogP contribution in [0.4, 0.5) is 26.3 Å². The van der Waals surface area contributed by atoms with E-state index in [2.05, 4.69) is 15.7 Å². The monoisotopic (exact) mass is 607 g/mol. The third-order valence-electron chi connectivity index (χ3n) is 5.97. The fraction of sp³-hybridized carbons (Fsp3) is 0.360. The number of hydrogen-bond donors (Lipinski definition) is 3. The maximum absolute atomic E-state index is 13.3. The Kier molecular flexibility index (Phi) is 9.23. The minimum atomic E-state index is -5.05. The lowest BCUT2D eigenvalue weighted by molar-refractivity contribution is -0.207. The molecule has 0 bridgehead atoms. The summed E-state index contributed by atoms with van der Waals surface area (Å²) in [6, 6.07) is 9.67. The second-order valence-electron chi connectivity index (χ2n) is 9.31. The Morgan fingerprint density at radius 3 is 2.22 bits per heavy atom. The third-order valence-corrected chi connectivity index (χ3v) is 6.22. The van der Waals surface area contributed by atoms with E-state index in [0.717, 1.165) is 25.1 Å². The van der Waals surface area contributed by atoms with E-state index in [9.17, 15) is 45.8 Å². The van der Waals surface area contributed by atoms with Gasteiger partial charge in [-0.25, -0.2) is 9.48 Å². The molecule has 0 radical (unpaired) electrons. The Balaban J connectivity index is 1.89. The Hall–Kier alpha value is -3.85. The Bertz CT molecular complexity index is 1470. The summed E-state index contributed by atoms with van der Waals surface area (Å²) >= 11 is 5.85. The largest absolute Gasteiger partial charge is 0.416 e. The number of aliphatic hydroxyl groups excluding tert-OH is 1. The fourth-order valence-electron chi connectivity index (χ4n) is 3.91. The van der Waals surface area contributed by atoms with Crippen LogP contribution in [0.2, 0.25) is 5.02 Å². The van der Waals surface area contributed by atoms with Crippen molar-refractivity contribution >= 4 is 23.4 Å². The summed E-state index contributed by atoms with van der Waals surface area (Å²) in [5, 5.41) is 18.7. The van der Waals surface area contributed by atoms with Crippen molar-refractivity contribution in [3.05, 3.63) is 75.2 Å². The zero-order valence-corrected chi connectivity index (χ0v) is 22.2. The lowest BCUT2D eigenvalue weighted by atomic mass is 9.90. The third kappa shape index (κ3) is 7.88. The molecule has 3 rings (SSSR count). The summed E-state index contributed by atoms with van der Waals surface area (Å²) in [7, 11) is 0. The van der Waals surface area contributed by atoms with Gasteiger partial charge in [-0.15, -0.1) is 5.10 Å². The molecule has 1 heterocycles. The van der Waals surface area contributed by atoms with Crippen LogP contribution < -0.4 is 16.3 Å². The van der Waals surface area contributed by atoms with Crippen molar-refractivity contribution < 1.29 is 41.0 Å². The molecular weight excluding hydrogens is 584 g/mol. The summed E-state index contributed by atoms with van der Waals surface area (Å²) in [5.74, 6) is -1.78. The molecular formula is C25H24ClF6N5O4. The molecule has 9 nitrogen and oxygen atoms in total. The van der Waals surface area contributed by atoms with Crippen molar-refractivity contribution in [2.75, 3.05) is 6.54 Å². The molecule has 222 valence electrons. The van der Waals surface area contributed by atoms with E-state index in [0.29, 0.717) is 14.3 Å². The highest BCUT2D eigenvalue weighted by Crippen LogP contribution is 2.32. The quantitative estimate of drug-likeness (QED) is 0.322. The van der Waals surface area contributed by atoms with Crippen LogP contribution in [0, 0.1) is 0 Å². The number of nitrogens with one attached hydrogen (secondary N) is 2. The van der Waals surface area contributed by atoms with Crippen LogP contribution in [0.25, 0.3) is 11.4 Å². The highest BCUT2D eigenvalue weighted by Gasteiger charge is 2.39. The van der Waals surface area contributed by atoms with E-state index >= 15 is 0 Å². The van der Waals surface area contributed by atoms with E-state index in [4.69, 9.17) is 11.6 Å². The first-order valence-corrected chi connectivity index (χ1v) is 12.2. The molecule has 2 atom stereocenters. The molecule has 3 N–H and O–H groups in total. The Labute approximate surface area is 233 Å². The lowest BCUT2D eigenvalue weighted by Crippen LogP contribution is -2.51. The van der Waals surface area contributed by atoms with Gasteiger partial charge in [-0.1, -0.05) is 23.7 Å². The molecule has 1 aromatic heterocycles. The predicted octanol–water partition coefficient (Wildman–Crippen LogP) is 3.47. The van der Waals surface area contributed by atoms with Gasteiger partial charge in [-0.2, -0.15) is 26.3 Å². The maximum atomic E-state index is 13.3. The molecule has 0 aliphatic rings. The van der Waals surface area contributed by atoms with Crippen LogP contribution in [0.5, 0.6) is 0 Å². The van der Waals surface area contributed by atoms with Crippen LogP contribution >= 0.6 is 11.6 Å². The van der Waals surface area contributed by atoms with Crippen LogP contribution in [0.3, 0.4) is 0 Å². The van der Waals surface area contributed by atoms with Crippen LogP contribution in [-0.4, -0.2) is 50.1 Å². The summed E-state index contributed by atoms with van der Waals surface area (Å²) in [5.41, 5.74) is -3.45. The van der Waals surface area contributed by atoms with Gasteiger partial charge < -0.3 is 15.7 Å². The minimum absolute atomic E-state index is 0.0235. The minimum Gasteiger partial charge on any atom is -0.382 e. The molecule has 3 aromatic rings. The smallest absolute Gasteiger partial charge is 0.382 e. The number of rotatable bonds is 9. The number of amides is 2. The van der Waals surface area contributed by atoms with E-state index < -0.39 is 66.7 Å². The molecule has 0 saturated carbocycles. The second kappa shape index (κ2) is 11.9. The number of hydrogen-bond acceptors (Lipinski definition) is 5. The molecule has 41 heavy (non-hydrogen) atoms. The van der Waals surface area contributed by atoms with Crippen molar-refractivity contribution in [1.29, 1.82) is 0 Å². The average Bonchev–Trinajstić information content (AvgIpc) is 3.16. The number of carbonyl (C=O) groups excluding carboxylic acids is 2. The number of carbonyl (C=O) groups is 2. The average molecular weight is 608 g/mol. The molecule has 0 saturated heterocycles. The molecule has 0 fully saturated rings. The SMILES string of the molecule is CC(=O)NC(C)(CNC(=O)Cn1nc(-c2ccc(Cl)cc2)n(C[C@H](O)C(F)(F)F)c1=O)c1cccc(C(F)(F)F)c1. The van der Waals surface area contributed by atoms with Gasteiger partial charge in [-0.05, 0) is 48.9 Å². The van der Waals surface area contributed by atoms with Crippen LogP contribution in [0.1, 0.15) is 25.0 Å². The first-order chi connectivity index (χ1) is 18.9. The topological polar surface area (TPSA) is 118 Å². The van der Waals surface area contributed by atoms with Crippen LogP contribution in [0.15, 0.2) is 53.3 Å². The van der Waals surface area contributed by atoms with Crippen molar-refractivity contribution in [2.24, 2.45) is 0 Å². The van der Waals surface area contributed by atoms with Gasteiger partial charge in [0, 0.05) is 24.1 Å². The molecule has 0 spiro atoms. The van der Waals surface area contributed by atoms with Crippen molar-refractivity contribution in [2.45, 2.75) is 50.9 Å². The first-order valence-electron chi connectivity index (χ1n) is 11.8. The molecule has 0 aliphatic heterocycles. The zero-order chi connectivity index (χ0) is 30.8. The molecule has 1 unspecified atom stereocenters. The van der Waals surface area contributed by atoms with Crippen molar-refractivity contribution in [1.82, 2.24) is 25.0 Å². The van der Waals surface area contributed by atoms with Crippen molar-refractivity contribution in [3.63, 3.8) is 0 Å². The van der Waals surface area contributed by atoms with Gasteiger partial charge in [-0.3, -0.25) is 14.2 Å². The molecule has 2 amide bonds. The molecule has 16 heteroatoms. The second-order valence-corrected chi connectivity index (χ2v) is 9.74. The van der Waals surface area contributed by atoms with E-state index in [1.165, 1.54) is 37.3 Å². The normalized spacial score (nSPS) is 14.3. The maximum Gasteiger partial charge on any atom is 0.416 e. The zero-order valence-electron chi connectivity index (χ0n) is 21.5. The molecule has 2 aromatic carbocycles. The van der Waals surface area contributed by atoms with Gasteiger partial charge in [0.1, 0.15) is 6.54 Å². The molecule has 0 aliphatic carbocycles. The number of halogens is 7. The number of benzene rings is 2. The predicted molar refractivity (Wildman–Crippen MR) is 135 cm³/mol. The van der Waals surface area contributed by atoms with E-state index in [1.54, 1.807) is 0 Å². The van der Waals surface area contributed by atoms with Crippen molar-refractivity contribution in [3.8, 4) is 11.4 Å². The first kappa shape index (κ1) is 31.7. The lowest BCUT2D eigenvalue weighted by Gasteiger charge is -2.32. The standard InChI is InChI=1S/C25H24ClF6N5O4/c1-14(38)34-23(2,16-4-3-5-17(10-16)24(27,28)29)13-33-20(40)12-37-22(41)36(11-19(39)25(30,31)32)21(35-37)15-6-8-18(26)9-7-15/h3-10,19,39H,11-13H2,1-2H3,(H,33,40)(H,34,38)/t19-,23?/m0/s1. The highest BCUT2D eigenvalue weighted by atomic mass is 35.5.